The summed E-state index contributed by atoms with van der Waals surface area (Å²) >= 11 is 13.2. The molecule has 0 saturated heterocycles. The van der Waals surface area contributed by atoms with E-state index in [0.717, 1.165) is 11.1 Å². The zero-order chi connectivity index (χ0) is 31.5. The molecule has 2 N–H and O–H groups in total. The van der Waals surface area contributed by atoms with Crippen LogP contribution in [0.15, 0.2) is 67.4 Å². The summed E-state index contributed by atoms with van der Waals surface area (Å²) in [5.41, 5.74) is 4.44. The molecule has 1 aliphatic rings. The smallest absolute Gasteiger partial charge is 0.330 e. The summed E-state index contributed by atoms with van der Waals surface area (Å²) < 4.78 is 11.1. The van der Waals surface area contributed by atoms with Gasteiger partial charge in [-0.05, 0) is 43.2 Å². The van der Waals surface area contributed by atoms with Gasteiger partial charge < -0.3 is 20.1 Å². The Morgan fingerprint density at radius 2 is 1.80 bits per heavy atom. The monoisotopic (exact) mass is 632 g/mol. The van der Waals surface area contributed by atoms with Gasteiger partial charge in [0.1, 0.15) is 22.3 Å². The third kappa shape index (κ3) is 5.99. The standard InChI is InChI=1S/C32H30Cl2N6O4/c1-6-27(41)36-23-12-18(2)22(33)13-24(23)37-31-35-15-21-17-39(29-19(3)25(43-4)14-26(44-5)28(29)34)32(42)40(30(21)38-31)16-20-10-8-7-9-11-20/h6-15H,1,16-17H2,2-5H3,(H,36,41)(H,35,37,38). The van der Waals surface area contributed by atoms with Crippen LogP contribution < -0.4 is 29.9 Å². The minimum atomic E-state index is -0.385. The van der Waals surface area contributed by atoms with Crippen molar-refractivity contribution < 1.29 is 19.1 Å². The maximum Gasteiger partial charge on any atom is 0.330 e. The highest BCUT2D eigenvalue weighted by molar-refractivity contribution is 6.36. The van der Waals surface area contributed by atoms with Gasteiger partial charge in [0.2, 0.25) is 11.9 Å². The Morgan fingerprint density at radius 1 is 1.07 bits per heavy atom. The predicted octanol–water partition coefficient (Wildman–Crippen LogP) is 7.43. The fourth-order valence-corrected chi connectivity index (χ4v) is 5.46. The number of fused-ring (bicyclic) bond motifs is 1. The van der Waals surface area contributed by atoms with Crippen LogP contribution in [0.4, 0.5) is 33.6 Å². The first kappa shape index (κ1) is 30.7. The van der Waals surface area contributed by atoms with Crippen molar-refractivity contribution in [3.8, 4) is 11.5 Å². The number of nitrogens with zero attached hydrogens (tertiary/aromatic N) is 4. The highest BCUT2D eigenvalue weighted by Crippen LogP contribution is 2.45. The zero-order valence-corrected chi connectivity index (χ0v) is 26.1. The van der Waals surface area contributed by atoms with Crippen LogP contribution in [0.25, 0.3) is 0 Å². The van der Waals surface area contributed by atoms with Crippen molar-refractivity contribution in [2.75, 3.05) is 34.7 Å². The van der Waals surface area contributed by atoms with Gasteiger partial charge in [0.25, 0.3) is 0 Å². The van der Waals surface area contributed by atoms with Gasteiger partial charge in [-0.1, -0.05) is 60.1 Å². The number of aryl methyl sites for hydroxylation is 1. The Bertz CT molecular complexity index is 1740. The van der Waals surface area contributed by atoms with Crippen LogP contribution in [0, 0.1) is 13.8 Å². The number of carbonyl (C=O) groups excluding carboxylic acids is 2. The summed E-state index contributed by atoms with van der Waals surface area (Å²) in [5.74, 6) is 1.15. The second-order valence-electron chi connectivity index (χ2n) is 10.0. The maximum absolute atomic E-state index is 14.3. The number of carbonyl (C=O) groups is 2. The molecule has 2 heterocycles. The fourth-order valence-electron chi connectivity index (χ4n) is 4.92. The number of rotatable bonds is 9. The number of urea groups is 1. The molecule has 0 radical (unpaired) electrons. The van der Waals surface area contributed by atoms with Crippen molar-refractivity contribution in [3.63, 3.8) is 0 Å². The molecule has 0 unspecified atom stereocenters. The summed E-state index contributed by atoms with van der Waals surface area (Å²) in [6.45, 7) is 7.56. The Labute approximate surface area is 265 Å². The fraction of sp³-hybridized carbons (Fsp3) is 0.188. The van der Waals surface area contributed by atoms with E-state index in [0.29, 0.717) is 50.5 Å². The van der Waals surface area contributed by atoms with E-state index in [2.05, 4.69) is 22.2 Å². The molecular formula is C32H30Cl2N6O4. The van der Waals surface area contributed by atoms with Crippen molar-refractivity contribution in [2.45, 2.75) is 26.9 Å². The van der Waals surface area contributed by atoms with Gasteiger partial charge in [0.15, 0.2) is 0 Å². The Morgan fingerprint density at radius 3 is 2.48 bits per heavy atom. The minimum Gasteiger partial charge on any atom is -0.496 e. The van der Waals surface area contributed by atoms with Gasteiger partial charge in [-0.3, -0.25) is 14.6 Å². The van der Waals surface area contributed by atoms with Gasteiger partial charge in [-0.2, -0.15) is 4.98 Å². The molecule has 0 fully saturated rings. The van der Waals surface area contributed by atoms with Crippen molar-refractivity contribution in [2.24, 2.45) is 0 Å². The highest BCUT2D eigenvalue weighted by Gasteiger charge is 2.36. The molecule has 0 bridgehead atoms. The van der Waals surface area contributed by atoms with Crippen LogP contribution in [0.5, 0.6) is 11.5 Å². The van der Waals surface area contributed by atoms with Crippen molar-refractivity contribution in [1.82, 2.24) is 9.97 Å². The van der Waals surface area contributed by atoms with E-state index in [9.17, 15) is 9.59 Å². The first-order valence-electron chi connectivity index (χ1n) is 13.6. The van der Waals surface area contributed by atoms with Gasteiger partial charge >= 0.3 is 6.03 Å². The molecule has 0 spiro atoms. The molecule has 1 aliphatic heterocycles. The zero-order valence-electron chi connectivity index (χ0n) is 24.6. The number of methoxy groups -OCH3 is 2. The molecule has 5 rings (SSSR count). The van der Waals surface area contributed by atoms with Crippen LogP contribution in [-0.4, -0.2) is 36.1 Å². The number of anilines is 5. The average Bonchev–Trinajstić information content (AvgIpc) is 3.02. The molecule has 226 valence electrons. The number of nitrogens with one attached hydrogen (secondary N) is 2. The molecule has 0 saturated carbocycles. The van der Waals surface area contributed by atoms with E-state index >= 15 is 0 Å². The maximum atomic E-state index is 14.3. The molecular weight excluding hydrogens is 603 g/mol. The summed E-state index contributed by atoms with van der Waals surface area (Å²) in [6, 6.07) is 14.3. The van der Waals surface area contributed by atoms with Gasteiger partial charge in [0.05, 0.1) is 44.4 Å². The van der Waals surface area contributed by atoms with E-state index < -0.39 is 0 Å². The van der Waals surface area contributed by atoms with Crippen LogP contribution in [0.2, 0.25) is 10.0 Å². The van der Waals surface area contributed by atoms with Crippen molar-refractivity contribution in [1.29, 1.82) is 0 Å². The van der Waals surface area contributed by atoms with Crippen LogP contribution >= 0.6 is 23.2 Å². The lowest BCUT2D eigenvalue weighted by Gasteiger charge is -2.37. The lowest BCUT2D eigenvalue weighted by molar-refractivity contribution is -0.111. The van der Waals surface area contributed by atoms with Crippen LogP contribution in [-0.2, 0) is 17.9 Å². The first-order valence-corrected chi connectivity index (χ1v) is 14.3. The number of benzene rings is 3. The van der Waals surface area contributed by atoms with E-state index in [1.54, 1.807) is 41.3 Å². The largest absolute Gasteiger partial charge is 0.496 e. The summed E-state index contributed by atoms with van der Waals surface area (Å²) in [6.07, 6.45) is 2.83. The summed E-state index contributed by atoms with van der Waals surface area (Å²) in [7, 11) is 3.05. The van der Waals surface area contributed by atoms with Gasteiger partial charge in [-0.15, -0.1) is 0 Å². The molecule has 3 amide bonds. The molecule has 4 aromatic rings. The van der Waals surface area contributed by atoms with Crippen molar-refractivity contribution >= 4 is 64.0 Å². The molecule has 0 atom stereocenters. The third-order valence-electron chi connectivity index (χ3n) is 7.18. The van der Waals surface area contributed by atoms with Gasteiger partial charge in [-0.25, -0.2) is 9.78 Å². The number of halogens is 2. The van der Waals surface area contributed by atoms with E-state index in [1.807, 2.05) is 44.2 Å². The number of hydrogen-bond acceptors (Lipinski definition) is 7. The lowest BCUT2D eigenvalue weighted by atomic mass is 10.1. The molecule has 44 heavy (non-hydrogen) atoms. The van der Waals surface area contributed by atoms with E-state index in [1.165, 1.54) is 13.2 Å². The number of ether oxygens (including phenoxy) is 2. The topological polar surface area (TPSA) is 109 Å². The number of aromatic nitrogens is 2. The quantitative estimate of drug-likeness (QED) is 0.185. The summed E-state index contributed by atoms with van der Waals surface area (Å²) in [4.78, 5) is 38.9. The number of amides is 3. The molecule has 10 nitrogen and oxygen atoms in total. The van der Waals surface area contributed by atoms with Gasteiger partial charge in [0, 0.05) is 28.4 Å². The van der Waals surface area contributed by atoms with Crippen LogP contribution in [0.3, 0.4) is 0 Å². The molecule has 12 heteroatoms. The van der Waals surface area contributed by atoms with Crippen LogP contribution in [0.1, 0.15) is 22.3 Å². The predicted molar refractivity (Wildman–Crippen MR) is 174 cm³/mol. The second kappa shape index (κ2) is 12.8. The Balaban J connectivity index is 1.60. The van der Waals surface area contributed by atoms with E-state index in [4.69, 9.17) is 37.7 Å². The second-order valence-corrected chi connectivity index (χ2v) is 10.8. The molecule has 3 aromatic carbocycles. The third-order valence-corrected chi connectivity index (χ3v) is 7.95. The Kier molecular flexibility index (Phi) is 8.93. The Hall–Kier alpha value is -4.80. The molecule has 0 aliphatic carbocycles. The van der Waals surface area contributed by atoms with Crippen molar-refractivity contribution in [3.05, 3.63) is 99.7 Å². The normalized spacial score (nSPS) is 12.5. The first-order chi connectivity index (χ1) is 21.1. The van der Waals surface area contributed by atoms with E-state index in [-0.39, 0.29) is 36.0 Å². The number of hydrogen-bond donors (Lipinski definition) is 2. The SMILES string of the molecule is C=CC(=O)Nc1cc(C)c(Cl)cc1Nc1ncc2c(n1)N(Cc1ccccc1)C(=O)N(c1c(C)c(OC)cc(OC)c1Cl)C2. The molecule has 1 aromatic heterocycles. The highest BCUT2D eigenvalue weighted by atomic mass is 35.5. The lowest BCUT2D eigenvalue weighted by Crippen LogP contribution is -2.48. The summed E-state index contributed by atoms with van der Waals surface area (Å²) in [5, 5.41) is 6.69. The average molecular weight is 634 g/mol. The minimum absolute atomic E-state index is 0.146.